The van der Waals surface area contributed by atoms with Crippen LogP contribution in [0.5, 0.6) is 0 Å². The normalized spacial score (nSPS) is 16.0. The molecule has 1 aliphatic rings. The zero-order valence-electron chi connectivity index (χ0n) is 13.2. The average molecular weight is 288 g/mol. The van der Waals surface area contributed by atoms with Gasteiger partial charge in [-0.1, -0.05) is 13.8 Å². The Labute approximate surface area is 126 Å². The maximum absolute atomic E-state index is 9.55. The van der Waals surface area contributed by atoms with Gasteiger partial charge < -0.3 is 9.64 Å². The first-order valence-corrected chi connectivity index (χ1v) is 7.77. The highest BCUT2D eigenvalue weighted by atomic mass is 16.5. The van der Waals surface area contributed by atoms with Crippen molar-refractivity contribution in [2.75, 3.05) is 31.7 Å². The van der Waals surface area contributed by atoms with Gasteiger partial charge in [0.05, 0.1) is 5.69 Å². The Balaban J connectivity index is 2.23. The van der Waals surface area contributed by atoms with Crippen LogP contribution in [0, 0.1) is 17.2 Å². The quantitative estimate of drug-likeness (QED) is 0.832. The van der Waals surface area contributed by atoms with E-state index < -0.39 is 0 Å². The molecule has 21 heavy (non-hydrogen) atoms. The molecule has 2 rings (SSSR count). The molecule has 0 saturated carbocycles. The Bertz CT molecular complexity index is 516. The van der Waals surface area contributed by atoms with E-state index in [0.29, 0.717) is 5.92 Å². The summed E-state index contributed by atoms with van der Waals surface area (Å²) in [6, 6.07) is 2.35. The van der Waals surface area contributed by atoms with Crippen molar-refractivity contribution in [2.45, 2.75) is 39.5 Å². The monoisotopic (exact) mass is 288 g/mol. The van der Waals surface area contributed by atoms with Crippen LogP contribution >= 0.6 is 0 Å². The molecule has 5 heteroatoms. The molecule has 1 aromatic heterocycles. The zero-order valence-corrected chi connectivity index (χ0v) is 13.2. The van der Waals surface area contributed by atoms with Crippen molar-refractivity contribution in [1.82, 2.24) is 10.2 Å². The summed E-state index contributed by atoms with van der Waals surface area (Å²) in [4.78, 5) is 2.20. The molecule has 1 saturated heterocycles. The number of piperidine rings is 1. The van der Waals surface area contributed by atoms with Crippen molar-refractivity contribution in [3.05, 3.63) is 16.8 Å². The minimum atomic E-state index is 0.616. The van der Waals surface area contributed by atoms with E-state index in [9.17, 15) is 5.26 Å². The number of hydrogen-bond acceptors (Lipinski definition) is 5. The highest BCUT2D eigenvalue weighted by molar-refractivity contribution is 5.58. The van der Waals surface area contributed by atoms with Gasteiger partial charge in [-0.25, -0.2) is 0 Å². The fraction of sp³-hybridized carbons (Fsp3) is 0.688. The third kappa shape index (κ3) is 3.33. The molecule has 0 atom stereocenters. The average Bonchev–Trinajstić information content (AvgIpc) is 2.54. The van der Waals surface area contributed by atoms with Gasteiger partial charge in [0.2, 0.25) is 0 Å². The lowest BCUT2D eigenvalue weighted by molar-refractivity contribution is 0.139. The van der Waals surface area contributed by atoms with Gasteiger partial charge in [-0.2, -0.15) is 10.4 Å². The number of hydrogen-bond donors (Lipinski definition) is 0. The van der Waals surface area contributed by atoms with Gasteiger partial charge in [0, 0.05) is 26.8 Å². The fourth-order valence-electron chi connectivity index (χ4n) is 3.05. The number of nitrogens with zero attached hydrogens (tertiary/aromatic N) is 4. The van der Waals surface area contributed by atoms with Crippen LogP contribution in [0.25, 0.3) is 0 Å². The van der Waals surface area contributed by atoms with E-state index >= 15 is 0 Å². The Morgan fingerprint density at radius 1 is 1.24 bits per heavy atom. The molecule has 0 bridgehead atoms. The number of aromatic nitrogens is 2. The van der Waals surface area contributed by atoms with Gasteiger partial charge in [-0.15, -0.1) is 5.10 Å². The van der Waals surface area contributed by atoms with Crippen molar-refractivity contribution in [3.63, 3.8) is 0 Å². The van der Waals surface area contributed by atoms with E-state index in [0.717, 1.165) is 68.0 Å². The molecule has 1 fully saturated rings. The predicted molar refractivity (Wildman–Crippen MR) is 82.3 cm³/mol. The lowest BCUT2D eigenvalue weighted by Gasteiger charge is -2.33. The number of aryl methyl sites for hydroxylation is 1. The van der Waals surface area contributed by atoms with Crippen molar-refractivity contribution in [1.29, 1.82) is 5.26 Å². The summed E-state index contributed by atoms with van der Waals surface area (Å²) >= 11 is 0. The lowest BCUT2D eigenvalue weighted by atomic mass is 9.96. The first kappa shape index (κ1) is 15.7. The highest BCUT2D eigenvalue weighted by Gasteiger charge is 2.24. The van der Waals surface area contributed by atoms with E-state index in [1.54, 1.807) is 7.11 Å². The number of anilines is 1. The molecular weight excluding hydrogens is 264 g/mol. The molecule has 0 amide bonds. The number of methoxy groups -OCH3 is 1. The molecule has 0 aliphatic carbocycles. The van der Waals surface area contributed by atoms with Gasteiger partial charge in [0.15, 0.2) is 5.82 Å². The second-order valence-corrected chi connectivity index (χ2v) is 5.53. The smallest absolute Gasteiger partial charge is 0.169 e. The molecular formula is C16H24N4O. The molecule has 1 aliphatic heterocycles. The Morgan fingerprint density at radius 3 is 2.48 bits per heavy atom. The first-order chi connectivity index (χ1) is 10.2. The maximum atomic E-state index is 9.55. The van der Waals surface area contributed by atoms with Gasteiger partial charge in [0.1, 0.15) is 11.6 Å². The van der Waals surface area contributed by atoms with Crippen molar-refractivity contribution in [2.24, 2.45) is 5.92 Å². The highest BCUT2D eigenvalue weighted by Crippen LogP contribution is 2.27. The molecule has 0 N–H and O–H groups in total. The number of nitriles is 1. The van der Waals surface area contributed by atoms with Crippen LogP contribution in [0.4, 0.5) is 5.82 Å². The second-order valence-electron chi connectivity index (χ2n) is 5.53. The molecule has 1 aromatic rings. The third-order valence-corrected chi connectivity index (χ3v) is 4.26. The van der Waals surface area contributed by atoms with Crippen LogP contribution in [0.15, 0.2) is 0 Å². The molecule has 0 aromatic carbocycles. The second kappa shape index (κ2) is 7.37. The first-order valence-electron chi connectivity index (χ1n) is 7.77. The summed E-state index contributed by atoms with van der Waals surface area (Å²) in [5, 5.41) is 18.2. The van der Waals surface area contributed by atoms with E-state index in [1.165, 1.54) is 0 Å². The summed E-state index contributed by atoms with van der Waals surface area (Å²) in [6.45, 7) is 6.80. The van der Waals surface area contributed by atoms with Crippen molar-refractivity contribution < 1.29 is 4.74 Å². The molecule has 0 radical (unpaired) electrons. The van der Waals surface area contributed by atoms with Crippen LogP contribution in [0.2, 0.25) is 0 Å². The minimum Gasteiger partial charge on any atom is -0.384 e. The summed E-state index contributed by atoms with van der Waals surface area (Å²) < 4.78 is 5.24. The van der Waals surface area contributed by atoms with Crippen molar-refractivity contribution >= 4 is 5.82 Å². The maximum Gasteiger partial charge on any atom is 0.169 e. The zero-order chi connectivity index (χ0) is 15.2. The van der Waals surface area contributed by atoms with Crippen LogP contribution in [0.3, 0.4) is 0 Å². The molecule has 5 nitrogen and oxygen atoms in total. The summed E-state index contributed by atoms with van der Waals surface area (Å²) in [5.74, 6) is 1.38. The van der Waals surface area contributed by atoms with Crippen molar-refractivity contribution in [3.8, 4) is 6.07 Å². The predicted octanol–water partition coefficient (Wildman–Crippen LogP) is 2.34. The Kier molecular flexibility index (Phi) is 5.51. The topological polar surface area (TPSA) is 62.0 Å². The lowest BCUT2D eigenvalue weighted by Crippen LogP contribution is -2.36. The Hall–Kier alpha value is -1.67. The number of ether oxygens (including phenoxy) is 1. The summed E-state index contributed by atoms with van der Waals surface area (Å²) in [7, 11) is 1.75. The molecule has 0 unspecified atom stereocenters. The van der Waals surface area contributed by atoms with E-state index in [-0.39, 0.29) is 0 Å². The SMILES string of the molecule is CCc1nnc(N2CCC(COC)CC2)c(C#N)c1CC. The minimum absolute atomic E-state index is 0.616. The van der Waals surface area contributed by atoms with E-state index in [4.69, 9.17) is 4.74 Å². The van der Waals surface area contributed by atoms with Gasteiger partial charge in [-0.05, 0) is 37.2 Å². The van der Waals surface area contributed by atoms with Crippen LogP contribution in [-0.2, 0) is 17.6 Å². The number of rotatable bonds is 5. The largest absolute Gasteiger partial charge is 0.384 e. The van der Waals surface area contributed by atoms with Crippen LogP contribution in [0.1, 0.15) is 43.5 Å². The standard InChI is InChI=1S/C16H24N4O/c1-4-13-14(10-17)16(19-18-15(13)5-2)20-8-6-12(7-9-20)11-21-3/h12H,4-9,11H2,1-3H3. The summed E-state index contributed by atoms with van der Waals surface area (Å²) in [6.07, 6.45) is 3.81. The van der Waals surface area contributed by atoms with Gasteiger partial charge in [0.25, 0.3) is 0 Å². The molecule has 114 valence electrons. The van der Waals surface area contributed by atoms with Crippen LogP contribution in [-0.4, -0.2) is 37.0 Å². The van der Waals surface area contributed by atoms with Crippen LogP contribution < -0.4 is 4.90 Å². The van der Waals surface area contributed by atoms with E-state index in [1.807, 2.05) is 0 Å². The molecule has 2 heterocycles. The van der Waals surface area contributed by atoms with E-state index in [2.05, 4.69) is 35.0 Å². The van der Waals surface area contributed by atoms with Gasteiger partial charge in [-0.3, -0.25) is 0 Å². The Morgan fingerprint density at radius 2 is 1.95 bits per heavy atom. The summed E-state index contributed by atoms with van der Waals surface area (Å²) in [5.41, 5.74) is 2.73. The van der Waals surface area contributed by atoms with Gasteiger partial charge >= 0.3 is 0 Å². The fourth-order valence-corrected chi connectivity index (χ4v) is 3.05. The molecule has 0 spiro atoms. The third-order valence-electron chi connectivity index (χ3n) is 4.26.